The Morgan fingerprint density at radius 3 is 2.70 bits per heavy atom. The van der Waals surface area contributed by atoms with Crippen LogP contribution in [0.2, 0.25) is 0 Å². The zero-order valence-electron chi connectivity index (χ0n) is 16.7. The van der Waals surface area contributed by atoms with Gasteiger partial charge in [0.2, 0.25) is 11.8 Å². The molecule has 2 saturated heterocycles. The number of carbonyl (C=O) groups excluding carboxylic acids is 2. The third-order valence-electron chi connectivity index (χ3n) is 6.08. The molecule has 3 atom stereocenters. The predicted molar refractivity (Wildman–Crippen MR) is 107 cm³/mol. The van der Waals surface area contributed by atoms with Crippen molar-refractivity contribution in [1.82, 2.24) is 15.1 Å². The zero-order valence-corrected chi connectivity index (χ0v) is 16.7. The Morgan fingerprint density at radius 2 is 1.96 bits per heavy atom. The smallest absolute Gasteiger partial charge is 0.245 e. The van der Waals surface area contributed by atoms with Crippen LogP contribution in [0.5, 0.6) is 0 Å². The summed E-state index contributed by atoms with van der Waals surface area (Å²) in [5.41, 5.74) is 0.976. The summed E-state index contributed by atoms with van der Waals surface area (Å²) in [6, 6.07) is 9.91. The summed E-state index contributed by atoms with van der Waals surface area (Å²) in [5, 5.41) is 3.00. The highest BCUT2D eigenvalue weighted by molar-refractivity contribution is 5.88. The molecule has 1 aromatic carbocycles. The van der Waals surface area contributed by atoms with Gasteiger partial charge in [-0.2, -0.15) is 0 Å². The van der Waals surface area contributed by atoms with E-state index in [1.54, 1.807) is 0 Å². The van der Waals surface area contributed by atoms with Crippen molar-refractivity contribution < 1.29 is 9.59 Å². The van der Waals surface area contributed by atoms with Crippen molar-refractivity contribution in [2.75, 3.05) is 26.7 Å². The first-order valence-corrected chi connectivity index (χ1v) is 10.4. The van der Waals surface area contributed by atoms with E-state index in [2.05, 4.69) is 24.2 Å². The standard InChI is InChI=1S/C22H33N3O2/c1-3-8-19(23-21(26)15-17-9-5-4-6-10-17)22(27)25-14-12-20-18(16-25)11-7-13-24(20)2/h4-6,9-10,18-20H,3,7-8,11-16H2,1-2H3,(H,23,26). The van der Waals surface area contributed by atoms with Gasteiger partial charge in [-0.05, 0) is 50.8 Å². The second-order valence-electron chi connectivity index (χ2n) is 8.09. The van der Waals surface area contributed by atoms with Crippen molar-refractivity contribution in [2.45, 2.75) is 57.5 Å². The summed E-state index contributed by atoms with van der Waals surface area (Å²) in [5.74, 6) is 0.606. The van der Waals surface area contributed by atoms with Crippen LogP contribution in [0.4, 0.5) is 0 Å². The average molecular weight is 372 g/mol. The molecule has 2 aliphatic rings. The highest BCUT2D eigenvalue weighted by atomic mass is 16.2. The number of nitrogens with zero attached hydrogens (tertiary/aromatic N) is 2. The first kappa shape index (κ1) is 19.9. The van der Waals surface area contributed by atoms with E-state index >= 15 is 0 Å². The van der Waals surface area contributed by atoms with Crippen molar-refractivity contribution in [3.63, 3.8) is 0 Å². The minimum atomic E-state index is -0.399. The van der Waals surface area contributed by atoms with Gasteiger partial charge >= 0.3 is 0 Å². The summed E-state index contributed by atoms with van der Waals surface area (Å²) < 4.78 is 0. The molecule has 2 fully saturated rings. The lowest BCUT2D eigenvalue weighted by Gasteiger charge is -2.46. The van der Waals surface area contributed by atoms with Crippen LogP contribution in [0.1, 0.15) is 44.6 Å². The number of benzene rings is 1. The Hall–Kier alpha value is -1.88. The number of rotatable bonds is 6. The van der Waals surface area contributed by atoms with E-state index in [0.29, 0.717) is 24.8 Å². The van der Waals surface area contributed by atoms with Gasteiger partial charge in [-0.15, -0.1) is 0 Å². The van der Waals surface area contributed by atoms with E-state index in [4.69, 9.17) is 0 Å². The molecule has 2 heterocycles. The lowest BCUT2D eigenvalue weighted by atomic mass is 9.84. The van der Waals surface area contributed by atoms with Crippen LogP contribution in [0, 0.1) is 5.92 Å². The Balaban J connectivity index is 1.58. The van der Waals surface area contributed by atoms with Gasteiger partial charge in [0.15, 0.2) is 0 Å². The molecule has 2 amide bonds. The number of piperidine rings is 2. The largest absolute Gasteiger partial charge is 0.344 e. The van der Waals surface area contributed by atoms with Crippen LogP contribution in [-0.2, 0) is 16.0 Å². The lowest BCUT2D eigenvalue weighted by Crippen LogP contribution is -2.57. The molecule has 0 spiro atoms. The van der Waals surface area contributed by atoms with Gasteiger partial charge in [-0.3, -0.25) is 9.59 Å². The minimum Gasteiger partial charge on any atom is -0.344 e. The normalized spacial score (nSPS) is 24.1. The molecule has 0 saturated carbocycles. The average Bonchev–Trinajstić information content (AvgIpc) is 2.68. The van der Waals surface area contributed by atoms with Crippen molar-refractivity contribution in [1.29, 1.82) is 0 Å². The fourth-order valence-electron chi connectivity index (χ4n) is 4.65. The fraction of sp³-hybridized carbons (Fsp3) is 0.636. The molecule has 2 aliphatic heterocycles. The number of carbonyl (C=O) groups is 2. The maximum absolute atomic E-state index is 13.1. The molecule has 1 N–H and O–H groups in total. The van der Waals surface area contributed by atoms with Gasteiger partial charge in [-0.1, -0.05) is 43.7 Å². The Labute approximate surface area is 163 Å². The van der Waals surface area contributed by atoms with E-state index in [1.807, 2.05) is 35.2 Å². The van der Waals surface area contributed by atoms with Crippen molar-refractivity contribution in [3.8, 4) is 0 Å². The molecule has 0 aromatic heterocycles. The van der Waals surface area contributed by atoms with E-state index in [0.717, 1.165) is 31.5 Å². The topological polar surface area (TPSA) is 52.7 Å². The molecule has 5 nitrogen and oxygen atoms in total. The maximum Gasteiger partial charge on any atom is 0.245 e. The monoisotopic (exact) mass is 371 g/mol. The first-order valence-electron chi connectivity index (χ1n) is 10.4. The number of amides is 2. The van der Waals surface area contributed by atoms with Gasteiger partial charge in [0.25, 0.3) is 0 Å². The number of nitrogens with one attached hydrogen (secondary N) is 1. The molecule has 1 aromatic rings. The van der Waals surface area contributed by atoms with Crippen LogP contribution < -0.4 is 5.32 Å². The maximum atomic E-state index is 13.1. The van der Waals surface area contributed by atoms with Crippen molar-refractivity contribution in [3.05, 3.63) is 35.9 Å². The van der Waals surface area contributed by atoms with E-state index in [9.17, 15) is 9.59 Å². The minimum absolute atomic E-state index is 0.0692. The van der Waals surface area contributed by atoms with Gasteiger partial charge in [0.05, 0.1) is 6.42 Å². The van der Waals surface area contributed by atoms with E-state index in [1.165, 1.54) is 19.4 Å². The molecular weight excluding hydrogens is 338 g/mol. The van der Waals surface area contributed by atoms with Gasteiger partial charge in [-0.25, -0.2) is 0 Å². The number of hydrogen-bond donors (Lipinski definition) is 1. The van der Waals surface area contributed by atoms with Gasteiger partial charge in [0.1, 0.15) is 6.04 Å². The Kier molecular flexibility index (Phi) is 6.89. The molecule has 148 valence electrons. The van der Waals surface area contributed by atoms with Crippen molar-refractivity contribution in [2.24, 2.45) is 5.92 Å². The Morgan fingerprint density at radius 1 is 1.19 bits per heavy atom. The van der Waals surface area contributed by atoms with Crippen molar-refractivity contribution >= 4 is 11.8 Å². The SMILES string of the molecule is CCCC(NC(=O)Cc1ccccc1)C(=O)N1CCC2C(CCCN2C)C1. The number of fused-ring (bicyclic) bond motifs is 1. The van der Waals surface area contributed by atoms with Crippen LogP contribution in [-0.4, -0.2) is 60.4 Å². The third-order valence-corrected chi connectivity index (χ3v) is 6.08. The predicted octanol–water partition coefficient (Wildman–Crippen LogP) is 2.46. The lowest BCUT2D eigenvalue weighted by molar-refractivity contribution is -0.139. The van der Waals surface area contributed by atoms with E-state index in [-0.39, 0.29) is 11.8 Å². The Bertz CT molecular complexity index is 634. The van der Waals surface area contributed by atoms with E-state index < -0.39 is 6.04 Å². The van der Waals surface area contributed by atoms with Crippen LogP contribution in [0.25, 0.3) is 0 Å². The molecule has 3 rings (SSSR count). The first-order chi connectivity index (χ1) is 13.1. The van der Waals surface area contributed by atoms with Crippen LogP contribution in [0.15, 0.2) is 30.3 Å². The zero-order chi connectivity index (χ0) is 19.2. The quantitative estimate of drug-likeness (QED) is 0.836. The second-order valence-corrected chi connectivity index (χ2v) is 8.09. The fourth-order valence-corrected chi connectivity index (χ4v) is 4.65. The summed E-state index contributed by atoms with van der Waals surface area (Å²) >= 11 is 0. The second kappa shape index (κ2) is 9.36. The molecule has 0 aliphatic carbocycles. The van der Waals surface area contributed by atoms with Gasteiger partial charge < -0.3 is 15.1 Å². The third kappa shape index (κ3) is 5.10. The molecule has 27 heavy (non-hydrogen) atoms. The molecule has 5 heteroatoms. The molecule has 3 unspecified atom stereocenters. The molecule has 0 radical (unpaired) electrons. The summed E-state index contributed by atoms with van der Waals surface area (Å²) in [4.78, 5) is 30.1. The summed E-state index contributed by atoms with van der Waals surface area (Å²) in [6.45, 7) is 4.87. The number of hydrogen-bond acceptors (Lipinski definition) is 3. The summed E-state index contributed by atoms with van der Waals surface area (Å²) in [6.07, 6.45) is 5.37. The molecule has 0 bridgehead atoms. The molecular formula is C22H33N3O2. The van der Waals surface area contributed by atoms with Crippen LogP contribution >= 0.6 is 0 Å². The number of likely N-dealkylation sites (tertiary alicyclic amines) is 2. The van der Waals surface area contributed by atoms with Gasteiger partial charge in [0, 0.05) is 19.1 Å². The summed E-state index contributed by atoms with van der Waals surface area (Å²) in [7, 11) is 2.21. The van der Waals surface area contributed by atoms with Crippen LogP contribution in [0.3, 0.4) is 0 Å². The highest BCUT2D eigenvalue weighted by Crippen LogP contribution is 2.29. The highest BCUT2D eigenvalue weighted by Gasteiger charge is 2.37.